The van der Waals surface area contributed by atoms with Crippen molar-refractivity contribution in [3.05, 3.63) is 0 Å². The van der Waals surface area contributed by atoms with E-state index in [9.17, 15) is 4.79 Å². The molecule has 1 amide bonds. The lowest BCUT2D eigenvalue weighted by Crippen LogP contribution is -2.48. The first kappa shape index (κ1) is 20.8. The third-order valence-electron chi connectivity index (χ3n) is 5.00. The lowest BCUT2D eigenvalue weighted by atomic mass is 9.98. The molecule has 2 aliphatic rings. The molecule has 2 saturated carbocycles. The lowest BCUT2D eigenvalue weighted by molar-refractivity contribution is 0.0277. The second-order valence-corrected chi connectivity index (χ2v) is 7.17. The minimum absolute atomic E-state index is 0.0854. The van der Waals surface area contributed by atoms with Crippen molar-refractivity contribution >= 4 is 12.1 Å². The van der Waals surface area contributed by atoms with Crippen molar-refractivity contribution in [2.24, 2.45) is 10.9 Å². The number of aliphatic imine (C=N–C) groups is 1. The smallest absolute Gasteiger partial charge is 0.407 e. The Labute approximate surface area is 157 Å². The maximum absolute atomic E-state index is 11.7. The number of nitrogens with zero attached hydrogens (tertiary/aromatic N) is 1. The van der Waals surface area contributed by atoms with Crippen molar-refractivity contribution in [3.63, 3.8) is 0 Å². The van der Waals surface area contributed by atoms with Crippen LogP contribution in [0.1, 0.15) is 58.3 Å². The van der Waals surface area contributed by atoms with E-state index in [0.29, 0.717) is 25.2 Å². The molecule has 7 heteroatoms. The van der Waals surface area contributed by atoms with Gasteiger partial charge >= 0.3 is 6.09 Å². The fourth-order valence-electron chi connectivity index (χ4n) is 3.35. The lowest BCUT2D eigenvalue weighted by Gasteiger charge is -2.22. The maximum atomic E-state index is 11.7. The molecule has 0 bridgehead atoms. The summed E-state index contributed by atoms with van der Waals surface area (Å²) in [7, 11) is 1.76. The Morgan fingerprint density at radius 1 is 1.15 bits per heavy atom. The number of ether oxygens (including phenoxy) is 2. The second-order valence-electron chi connectivity index (χ2n) is 7.17. The van der Waals surface area contributed by atoms with Crippen molar-refractivity contribution in [2.75, 3.05) is 33.4 Å². The van der Waals surface area contributed by atoms with E-state index in [0.717, 1.165) is 38.4 Å². The standard InChI is InChI=1S/C19H36N4O3/c1-3-25-19(24)23-17(15-10-11-15)14-22-18(20-2)21-12-7-13-26-16-8-5-4-6-9-16/h15-17H,3-14H2,1-2H3,(H,23,24)(H2,20,21,22). The largest absolute Gasteiger partial charge is 0.450 e. The molecule has 0 saturated heterocycles. The summed E-state index contributed by atoms with van der Waals surface area (Å²) >= 11 is 0. The van der Waals surface area contributed by atoms with Crippen LogP contribution < -0.4 is 16.0 Å². The van der Waals surface area contributed by atoms with E-state index in [1.807, 2.05) is 6.92 Å². The van der Waals surface area contributed by atoms with Gasteiger partial charge < -0.3 is 25.4 Å². The van der Waals surface area contributed by atoms with Gasteiger partial charge in [-0.15, -0.1) is 0 Å². The fraction of sp³-hybridized carbons (Fsp3) is 0.895. The molecule has 1 atom stereocenters. The number of carbonyl (C=O) groups excluding carboxylic acids is 1. The molecule has 0 aliphatic heterocycles. The first-order valence-electron chi connectivity index (χ1n) is 10.2. The van der Waals surface area contributed by atoms with Gasteiger partial charge in [0.05, 0.1) is 18.8 Å². The van der Waals surface area contributed by atoms with Gasteiger partial charge in [0.15, 0.2) is 5.96 Å². The van der Waals surface area contributed by atoms with E-state index in [-0.39, 0.29) is 12.1 Å². The highest BCUT2D eigenvalue weighted by molar-refractivity contribution is 5.79. The van der Waals surface area contributed by atoms with Crippen LogP contribution in [-0.4, -0.2) is 57.5 Å². The molecule has 0 aromatic heterocycles. The number of guanidine groups is 1. The van der Waals surface area contributed by atoms with Crippen LogP contribution in [0.3, 0.4) is 0 Å². The molecule has 1 unspecified atom stereocenters. The zero-order valence-electron chi connectivity index (χ0n) is 16.4. The number of alkyl carbamates (subject to hydrolysis) is 1. The summed E-state index contributed by atoms with van der Waals surface area (Å²) in [4.78, 5) is 15.9. The van der Waals surface area contributed by atoms with Crippen LogP contribution in [0.25, 0.3) is 0 Å². The first-order chi connectivity index (χ1) is 12.7. The summed E-state index contributed by atoms with van der Waals surface area (Å²) in [5.74, 6) is 1.30. The van der Waals surface area contributed by atoms with E-state index in [2.05, 4.69) is 20.9 Å². The van der Waals surface area contributed by atoms with Crippen LogP contribution in [0.15, 0.2) is 4.99 Å². The van der Waals surface area contributed by atoms with Gasteiger partial charge in [0.25, 0.3) is 0 Å². The van der Waals surface area contributed by atoms with Gasteiger partial charge in [-0.05, 0) is 44.9 Å². The summed E-state index contributed by atoms with van der Waals surface area (Å²) in [5, 5.41) is 9.57. The summed E-state index contributed by atoms with van der Waals surface area (Å²) in [6, 6.07) is 0.0854. The fourth-order valence-corrected chi connectivity index (χ4v) is 3.35. The van der Waals surface area contributed by atoms with Gasteiger partial charge in [-0.2, -0.15) is 0 Å². The molecule has 2 fully saturated rings. The predicted molar refractivity (Wildman–Crippen MR) is 103 cm³/mol. The molecule has 26 heavy (non-hydrogen) atoms. The van der Waals surface area contributed by atoms with E-state index < -0.39 is 0 Å². The normalized spacial score (nSPS) is 19.7. The van der Waals surface area contributed by atoms with Crippen LogP contribution in [0.5, 0.6) is 0 Å². The Kier molecular flexibility index (Phi) is 9.60. The van der Waals surface area contributed by atoms with Crippen molar-refractivity contribution < 1.29 is 14.3 Å². The average Bonchev–Trinajstić information content (AvgIpc) is 3.49. The highest BCUT2D eigenvalue weighted by Gasteiger charge is 2.32. The van der Waals surface area contributed by atoms with Crippen molar-refractivity contribution in [1.82, 2.24) is 16.0 Å². The van der Waals surface area contributed by atoms with E-state index in [4.69, 9.17) is 9.47 Å². The van der Waals surface area contributed by atoms with Crippen LogP contribution in [0.2, 0.25) is 0 Å². The summed E-state index contributed by atoms with van der Waals surface area (Å²) in [5.41, 5.74) is 0. The van der Waals surface area contributed by atoms with Crippen molar-refractivity contribution in [2.45, 2.75) is 70.4 Å². The molecular weight excluding hydrogens is 332 g/mol. The Balaban J connectivity index is 1.57. The minimum atomic E-state index is -0.339. The van der Waals surface area contributed by atoms with Gasteiger partial charge in [0, 0.05) is 26.7 Å². The SMILES string of the molecule is CCOC(=O)NC(CNC(=NC)NCCCOC1CCCCC1)C1CC1. The summed E-state index contributed by atoms with van der Waals surface area (Å²) in [6.45, 7) is 4.48. The summed E-state index contributed by atoms with van der Waals surface area (Å²) < 4.78 is 10.9. The molecule has 0 heterocycles. The molecule has 0 spiro atoms. The molecule has 2 rings (SSSR count). The first-order valence-corrected chi connectivity index (χ1v) is 10.2. The van der Waals surface area contributed by atoms with Crippen LogP contribution in [0.4, 0.5) is 4.79 Å². The molecule has 3 N–H and O–H groups in total. The zero-order chi connectivity index (χ0) is 18.6. The van der Waals surface area contributed by atoms with Gasteiger partial charge in [0.2, 0.25) is 0 Å². The molecule has 0 aromatic rings. The number of amides is 1. The van der Waals surface area contributed by atoms with E-state index in [1.165, 1.54) is 32.1 Å². The maximum Gasteiger partial charge on any atom is 0.407 e. The monoisotopic (exact) mass is 368 g/mol. The number of rotatable bonds is 10. The Morgan fingerprint density at radius 2 is 1.92 bits per heavy atom. The van der Waals surface area contributed by atoms with E-state index in [1.54, 1.807) is 7.05 Å². The molecule has 150 valence electrons. The highest BCUT2D eigenvalue weighted by Crippen LogP contribution is 2.32. The highest BCUT2D eigenvalue weighted by atomic mass is 16.5. The van der Waals surface area contributed by atoms with Crippen LogP contribution in [-0.2, 0) is 9.47 Å². The molecule has 2 aliphatic carbocycles. The summed E-state index contributed by atoms with van der Waals surface area (Å²) in [6.07, 6.45) is 9.80. The minimum Gasteiger partial charge on any atom is -0.450 e. The number of hydrogen-bond donors (Lipinski definition) is 3. The van der Waals surface area contributed by atoms with Gasteiger partial charge in [0.1, 0.15) is 0 Å². The Morgan fingerprint density at radius 3 is 2.58 bits per heavy atom. The number of nitrogens with one attached hydrogen (secondary N) is 3. The predicted octanol–water partition coefficient (Wildman–Crippen LogP) is 2.42. The molecule has 7 nitrogen and oxygen atoms in total. The van der Waals surface area contributed by atoms with Crippen LogP contribution in [0, 0.1) is 5.92 Å². The van der Waals surface area contributed by atoms with E-state index >= 15 is 0 Å². The van der Waals surface area contributed by atoms with Gasteiger partial charge in [-0.25, -0.2) is 4.79 Å². The number of hydrogen-bond acceptors (Lipinski definition) is 4. The number of carbonyl (C=O) groups is 1. The Bertz CT molecular complexity index is 435. The third kappa shape index (κ3) is 8.25. The zero-order valence-corrected chi connectivity index (χ0v) is 16.4. The van der Waals surface area contributed by atoms with Gasteiger partial charge in [-0.1, -0.05) is 19.3 Å². The Hall–Kier alpha value is -1.50. The molecule has 0 radical (unpaired) electrons. The molecule has 0 aromatic carbocycles. The third-order valence-corrected chi connectivity index (χ3v) is 5.00. The average molecular weight is 369 g/mol. The topological polar surface area (TPSA) is 84.0 Å². The quantitative estimate of drug-likeness (QED) is 0.313. The van der Waals surface area contributed by atoms with Gasteiger partial charge in [-0.3, -0.25) is 4.99 Å². The van der Waals surface area contributed by atoms with Crippen LogP contribution >= 0.6 is 0 Å². The van der Waals surface area contributed by atoms with Crippen molar-refractivity contribution in [3.8, 4) is 0 Å². The molecular formula is C19H36N4O3. The van der Waals surface area contributed by atoms with Crippen molar-refractivity contribution in [1.29, 1.82) is 0 Å². The second kappa shape index (κ2) is 12.0.